The monoisotopic (exact) mass is 583 g/mol. The lowest BCUT2D eigenvalue weighted by molar-refractivity contribution is 0.618. The molecule has 9 aromatic rings. The lowest BCUT2D eigenvalue weighted by atomic mass is 9.93. The average molecular weight is 584 g/mol. The molecule has 0 aliphatic rings. The van der Waals surface area contributed by atoms with Crippen LogP contribution in [0.2, 0.25) is 0 Å². The summed E-state index contributed by atoms with van der Waals surface area (Å²) in [4.78, 5) is 0. The summed E-state index contributed by atoms with van der Waals surface area (Å²) in [7, 11) is 0. The largest absolute Gasteiger partial charge is 0.318 e. The van der Waals surface area contributed by atoms with Crippen LogP contribution in [0, 0.1) is 0 Å². The van der Waals surface area contributed by atoms with Gasteiger partial charge in [-0.05, 0) is 45.5 Å². The van der Waals surface area contributed by atoms with Crippen LogP contribution < -0.4 is 11.1 Å². The van der Waals surface area contributed by atoms with Gasteiger partial charge in [-0.3, -0.25) is 5.32 Å². The molecule has 210 valence electrons. The molecular formula is C40H29N3S. The number of hydrogen-bond donors (Lipinski definition) is 2. The Hall–Kier alpha value is -5.00. The predicted octanol–water partition coefficient (Wildman–Crippen LogP) is 10.1. The summed E-state index contributed by atoms with van der Waals surface area (Å²) in [6.07, 6.45) is 0. The number of rotatable bonds is 5. The molecule has 0 saturated carbocycles. The van der Waals surface area contributed by atoms with E-state index in [9.17, 15) is 0 Å². The lowest BCUT2D eigenvalue weighted by Gasteiger charge is -2.24. The number of benzene rings is 7. The van der Waals surface area contributed by atoms with E-state index in [0.717, 1.165) is 0 Å². The fourth-order valence-electron chi connectivity index (χ4n) is 7.13. The van der Waals surface area contributed by atoms with Crippen LogP contribution in [0.4, 0.5) is 0 Å². The quantitative estimate of drug-likeness (QED) is 0.198. The van der Waals surface area contributed by atoms with Crippen molar-refractivity contribution in [3.8, 4) is 5.69 Å². The summed E-state index contributed by atoms with van der Waals surface area (Å²) in [5, 5.41) is 13.8. The fourth-order valence-corrected chi connectivity index (χ4v) is 8.39. The molecule has 9 rings (SSSR count). The smallest absolute Gasteiger partial charge is 0.0607 e. The molecule has 0 aliphatic heterocycles. The topological polar surface area (TPSA) is 43.0 Å². The zero-order valence-electron chi connectivity index (χ0n) is 24.0. The minimum absolute atomic E-state index is 0.0727. The predicted molar refractivity (Wildman–Crippen MR) is 189 cm³/mol. The highest BCUT2D eigenvalue weighted by Gasteiger charge is 2.23. The van der Waals surface area contributed by atoms with Crippen LogP contribution in [0.5, 0.6) is 0 Å². The maximum Gasteiger partial charge on any atom is 0.0607 e. The number of aromatic nitrogens is 1. The van der Waals surface area contributed by atoms with E-state index in [1.54, 1.807) is 0 Å². The van der Waals surface area contributed by atoms with Crippen LogP contribution in [0.25, 0.3) is 69.2 Å². The Labute approximate surface area is 258 Å². The van der Waals surface area contributed by atoms with Crippen LogP contribution >= 0.6 is 11.3 Å². The van der Waals surface area contributed by atoms with Gasteiger partial charge in [0.05, 0.1) is 22.8 Å². The number of thiophene rings is 1. The molecule has 3 nitrogen and oxygen atoms in total. The summed E-state index contributed by atoms with van der Waals surface area (Å²) in [5.74, 6) is 0. The lowest BCUT2D eigenvalue weighted by Crippen LogP contribution is -2.29. The molecule has 1 unspecified atom stereocenters. The minimum atomic E-state index is -0.0727. The molecule has 0 fully saturated rings. The van der Waals surface area contributed by atoms with Crippen LogP contribution in [0.3, 0.4) is 0 Å². The Morgan fingerprint density at radius 3 is 2.07 bits per heavy atom. The van der Waals surface area contributed by atoms with Crippen molar-refractivity contribution in [2.45, 2.75) is 6.04 Å². The molecule has 0 spiro atoms. The maximum atomic E-state index is 6.19. The molecule has 1 atom stereocenters. The minimum Gasteiger partial charge on any atom is -0.318 e. The number of nitrogens with two attached hydrogens (primary N) is 1. The van der Waals surface area contributed by atoms with Crippen molar-refractivity contribution in [2.75, 3.05) is 6.67 Å². The third-order valence-corrected chi connectivity index (χ3v) is 10.3. The summed E-state index contributed by atoms with van der Waals surface area (Å²) >= 11 is 1.90. The number of hydrogen-bond acceptors (Lipinski definition) is 3. The molecule has 44 heavy (non-hydrogen) atoms. The van der Waals surface area contributed by atoms with Crippen molar-refractivity contribution in [3.05, 3.63) is 151 Å². The molecule has 7 aromatic carbocycles. The normalized spacial score (nSPS) is 12.8. The van der Waals surface area contributed by atoms with Gasteiger partial charge < -0.3 is 10.3 Å². The number of nitrogens with one attached hydrogen (secondary N) is 1. The van der Waals surface area contributed by atoms with Crippen molar-refractivity contribution in [1.29, 1.82) is 0 Å². The van der Waals surface area contributed by atoms with Gasteiger partial charge in [0.15, 0.2) is 0 Å². The Morgan fingerprint density at radius 1 is 0.568 bits per heavy atom. The Bertz CT molecular complexity index is 2520. The zero-order valence-corrected chi connectivity index (χ0v) is 24.8. The molecule has 4 heteroatoms. The second-order valence-corrected chi connectivity index (χ2v) is 12.5. The van der Waals surface area contributed by atoms with E-state index in [-0.39, 0.29) is 6.04 Å². The van der Waals surface area contributed by atoms with Gasteiger partial charge in [-0.25, -0.2) is 0 Å². The first-order chi connectivity index (χ1) is 21.8. The van der Waals surface area contributed by atoms with Gasteiger partial charge in [-0.15, -0.1) is 11.3 Å². The zero-order chi connectivity index (χ0) is 29.2. The van der Waals surface area contributed by atoms with Gasteiger partial charge in [-0.2, -0.15) is 0 Å². The van der Waals surface area contributed by atoms with Crippen molar-refractivity contribution in [3.63, 3.8) is 0 Å². The highest BCUT2D eigenvalue weighted by molar-refractivity contribution is 7.26. The summed E-state index contributed by atoms with van der Waals surface area (Å²) in [6, 6.07) is 50.8. The summed E-state index contributed by atoms with van der Waals surface area (Å²) < 4.78 is 5.15. The van der Waals surface area contributed by atoms with E-state index >= 15 is 0 Å². The Morgan fingerprint density at radius 2 is 1.25 bits per heavy atom. The fraction of sp³-hybridized carbons (Fsp3) is 0.0500. The average Bonchev–Trinajstić information content (AvgIpc) is 3.61. The molecule has 0 saturated heterocycles. The second kappa shape index (κ2) is 10.0. The van der Waals surface area contributed by atoms with Gasteiger partial charge >= 0.3 is 0 Å². The van der Waals surface area contributed by atoms with Crippen molar-refractivity contribution in [1.82, 2.24) is 9.88 Å². The second-order valence-electron chi connectivity index (χ2n) is 11.5. The van der Waals surface area contributed by atoms with Gasteiger partial charge in [0.25, 0.3) is 0 Å². The molecule has 2 heterocycles. The summed E-state index contributed by atoms with van der Waals surface area (Å²) in [6.45, 7) is 0.370. The van der Waals surface area contributed by atoms with E-state index in [0.29, 0.717) is 6.67 Å². The van der Waals surface area contributed by atoms with Crippen molar-refractivity contribution in [2.24, 2.45) is 5.73 Å². The van der Waals surface area contributed by atoms with Crippen LogP contribution in [0.1, 0.15) is 17.2 Å². The third-order valence-electron chi connectivity index (χ3n) is 9.08. The highest BCUT2D eigenvalue weighted by atomic mass is 32.1. The molecule has 0 aliphatic carbocycles. The first-order valence-electron chi connectivity index (χ1n) is 15.1. The first kappa shape index (κ1) is 25.5. The summed E-state index contributed by atoms with van der Waals surface area (Å²) in [5.41, 5.74) is 12.2. The maximum absolute atomic E-state index is 6.19. The van der Waals surface area contributed by atoms with E-state index < -0.39 is 0 Å². The van der Waals surface area contributed by atoms with Crippen molar-refractivity contribution >= 4 is 74.9 Å². The van der Waals surface area contributed by atoms with E-state index in [1.807, 2.05) is 11.3 Å². The number of fused-ring (bicyclic) bond motifs is 9. The number of para-hydroxylation sites is 1. The SMILES string of the molecule is NCNC(c1ccccc1)c1ccc2ccccc2c1-n1c2ccccc2c2cc3c(cc21)sc1c2ccccc2ccc31. The van der Waals surface area contributed by atoms with Gasteiger partial charge in [0, 0.05) is 43.0 Å². The van der Waals surface area contributed by atoms with Gasteiger partial charge in [0.2, 0.25) is 0 Å². The third kappa shape index (κ3) is 3.76. The standard InChI is InChI=1S/C40H29N3S/c41-24-42-38(27-12-2-1-3-13-27)32-21-19-25-10-4-6-14-28(25)39(32)43-35-17-9-8-16-30(35)33-22-34-31-20-18-26-11-5-7-15-29(26)40(31)44-37(34)23-36(33)43/h1-23,38,42H,24,41H2. The molecule has 0 amide bonds. The molecule has 0 radical (unpaired) electrons. The Kier molecular flexibility index (Phi) is 5.81. The van der Waals surface area contributed by atoms with Crippen LogP contribution in [-0.4, -0.2) is 11.2 Å². The van der Waals surface area contributed by atoms with Gasteiger partial charge in [-0.1, -0.05) is 121 Å². The number of nitrogens with zero attached hydrogens (tertiary/aromatic N) is 1. The van der Waals surface area contributed by atoms with E-state index in [2.05, 4.69) is 149 Å². The molecule has 3 N–H and O–H groups in total. The van der Waals surface area contributed by atoms with Crippen LogP contribution in [-0.2, 0) is 0 Å². The van der Waals surface area contributed by atoms with Crippen molar-refractivity contribution < 1.29 is 0 Å². The van der Waals surface area contributed by atoms with E-state index in [1.165, 1.54) is 80.3 Å². The molecular weight excluding hydrogens is 555 g/mol. The first-order valence-corrected chi connectivity index (χ1v) is 15.9. The molecule has 2 aromatic heterocycles. The molecule has 0 bridgehead atoms. The Balaban J connectivity index is 1.43. The van der Waals surface area contributed by atoms with Gasteiger partial charge in [0.1, 0.15) is 0 Å². The van der Waals surface area contributed by atoms with E-state index in [4.69, 9.17) is 5.73 Å². The van der Waals surface area contributed by atoms with Crippen LogP contribution in [0.15, 0.2) is 140 Å². The highest BCUT2D eigenvalue weighted by Crippen LogP contribution is 2.44.